The highest BCUT2D eigenvalue weighted by Gasteiger charge is 2.46. The molecule has 0 amide bonds. The van der Waals surface area contributed by atoms with E-state index in [4.69, 9.17) is 11.6 Å². The van der Waals surface area contributed by atoms with Gasteiger partial charge in [-0.2, -0.15) is 0 Å². The van der Waals surface area contributed by atoms with Crippen LogP contribution in [-0.4, -0.2) is 21.8 Å². The maximum absolute atomic E-state index is 12.5. The van der Waals surface area contributed by atoms with E-state index in [2.05, 4.69) is 11.0 Å². The molecule has 124 valence electrons. The molecule has 3 fully saturated rings. The number of phenolic OH excluding ortho intramolecular Hbond substituents is 1. The fourth-order valence-electron chi connectivity index (χ4n) is 4.26. The average molecular weight is 342 g/mol. The summed E-state index contributed by atoms with van der Waals surface area (Å²) in [6.07, 6.45) is 2.69. The number of carbonyl (C=O) groups excluding carboxylic acids is 1. The summed E-state index contributed by atoms with van der Waals surface area (Å²) in [4.78, 5) is 14.9. The first kappa shape index (κ1) is 15.7. The highest BCUT2D eigenvalue weighted by atomic mass is 35.5. The van der Waals surface area contributed by atoms with Gasteiger partial charge in [0.2, 0.25) is 0 Å². The number of nitrogens with zero attached hydrogens (tertiary/aromatic N) is 1. The van der Waals surface area contributed by atoms with Crippen molar-refractivity contribution < 1.29 is 9.90 Å². The van der Waals surface area contributed by atoms with Crippen molar-refractivity contribution in [2.75, 3.05) is 0 Å². The number of Topliss-reactive ketones (excluding diaryl/α,β-unsaturated/α-hetero) is 1. The van der Waals surface area contributed by atoms with Crippen LogP contribution in [0.4, 0.5) is 0 Å². The molecule has 0 spiro atoms. The van der Waals surface area contributed by atoms with Crippen LogP contribution in [0, 0.1) is 5.92 Å². The molecule has 1 N–H and O–H groups in total. The van der Waals surface area contributed by atoms with Gasteiger partial charge in [0.25, 0.3) is 0 Å². The van der Waals surface area contributed by atoms with Crippen molar-refractivity contribution >= 4 is 17.4 Å². The van der Waals surface area contributed by atoms with Gasteiger partial charge in [-0.1, -0.05) is 35.9 Å². The largest absolute Gasteiger partial charge is 0.508 e. The molecule has 3 aliphatic rings. The molecule has 2 aliphatic heterocycles. The number of rotatable bonds is 3. The van der Waals surface area contributed by atoms with Gasteiger partial charge >= 0.3 is 0 Å². The van der Waals surface area contributed by atoms with Crippen molar-refractivity contribution in [1.82, 2.24) is 4.90 Å². The quantitative estimate of drug-likeness (QED) is 0.902. The van der Waals surface area contributed by atoms with E-state index in [-0.39, 0.29) is 17.7 Å². The molecule has 3 atom stereocenters. The van der Waals surface area contributed by atoms with Gasteiger partial charge in [-0.25, -0.2) is 0 Å². The Balaban J connectivity index is 1.69. The lowest BCUT2D eigenvalue weighted by molar-refractivity contribution is -0.138. The molecule has 24 heavy (non-hydrogen) atoms. The third-order valence-corrected chi connectivity index (χ3v) is 5.59. The van der Waals surface area contributed by atoms with Crippen LogP contribution in [0.3, 0.4) is 0 Å². The predicted octanol–water partition coefficient (Wildman–Crippen LogP) is 4.34. The fraction of sp³-hybridized carbons (Fsp3) is 0.350. The zero-order chi connectivity index (χ0) is 16.7. The summed E-state index contributed by atoms with van der Waals surface area (Å²) in [6.45, 7) is 0.792. The molecular weight excluding hydrogens is 322 g/mol. The number of carbonyl (C=O) groups is 1. The third-order valence-electron chi connectivity index (χ3n) is 5.36. The number of ketones is 1. The van der Waals surface area contributed by atoms with Crippen molar-refractivity contribution in [3.63, 3.8) is 0 Å². The van der Waals surface area contributed by atoms with Gasteiger partial charge in [0.15, 0.2) is 0 Å². The molecule has 4 heteroatoms. The normalized spacial score (nSPS) is 26.7. The Hall–Kier alpha value is -1.84. The molecule has 0 aromatic heterocycles. The molecular formula is C20H20ClNO2. The van der Waals surface area contributed by atoms with E-state index >= 15 is 0 Å². The lowest BCUT2D eigenvalue weighted by atomic mass is 9.71. The summed E-state index contributed by atoms with van der Waals surface area (Å²) < 4.78 is 0. The van der Waals surface area contributed by atoms with Crippen molar-refractivity contribution in [1.29, 1.82) is 0 Å². The van der Waals surface area contributed by atoms with Gasteiger partial charge in [0, 0.05) is 36.0 Å². The van der Waals surface area contributed by atoms with Gasteiger partial charge in [-0.15, -0.1) is 0 Å². The lowest BCUT2D eigenvalue weighted by Gasteiger charge is -2.50. The Morgan fingerprint density at radius 3 is 2.62 bits per heavy atom. The topological polar surface area (TPSA) is 40.5 Å². The molecule has 2 bridgehead atoms. The van der Waals surface area contributed by atoms with E-state index in [9.17, 15) is 9.90 Å². The maximum Gasteiger partial charge on any atom is 0.139 e. The standard InChI is InChI=1S/C20H20ClNO2/c21-15-3-1-2-13(10-15)12-22-16-6-9-18(19(24)11-16)20(22)14-4-7-17(23)8-5-14/h1-5,7-8,10,16,18,20,23H,6,9,11-12H2. The maximum atomic E-state index is 12.5. The zero-order valence-electron chi connectivity index (χ0n) is 13.4. The van der Waals surface area contributed by atoms with Gasteiger partial charge in [-0.3, -0.25) is 9.69 Å². The summed E-state index contributed by atoms with van der Waals surface area (Å²) in [5.41, 5.74) is 2.28. The van der Waals surface area contributed by atoms with Crippen LogP contribution in [0.15, 0.2) is 48.5 Å². The monoisotopic (exact) mass is 341 g/mol. The summed E-state index contributed by atoms with van der Waals surface area (Å²) in [6, 6.07) is 15.6. The summed E-state index contributed by atoms with van der Waals surface area (Å²) in [5.74, 6) is 0.692. The molecule has 2 saturated heterocycles. The first-order valence-electron chi connectivity index (χ1n) is 8.43. The molecule has 1 saturated carbocycles. The van der Waals surface area contributed by atoms with Crippen molar-refractivity contribution in [2.45, 2.75) is 37.9 Å². The number of hydrogen-bond donors (Lipinski definition) is 1. The van der Waals surface area contributed by atoms with Gasteiger partial charge in [0.1, 0.15) is 11.5 Å². The minimum Gasteiger partial charge on any atom is -0.508 e. The second-order valence-electron chi connectivity index (χ2n) is 6.85. The van der Waals surface area contributed by atoms with E-state index in [0.29, 0.717) is 18.2 Å². The molecule has 5 rings (SSSR count). The van der Waals surface area contributed by atoms with Gasteiger partial charge < -0.3 is 5.11 Å². The number of hydrogen-bond acceptors (Lipinski definition) is 3. The highest BCUT2D eigenvalue weighted by molar-refractivity contribution is 6.30. The second kappa shape index (κ2) is 6.23. The minimum absolute atomic E-state index is 0.0544. The molecule has 0 radical (unpaired) electrons. The first-order chi connectivity index (χ1) is 11.6. The lowest BCUT2D eigenvalue weighted by Crippen LogP contribution is -2.53. The minimum atomic E-state index is 0.0544. The first-order valence-corrected chi connectivity index (χ1v) is 8.81. The van der Waals surface area contributed by atoms with E-state index in [0.717, 1.165) is 30.0 Å². The third kappa shape index (κ3) is 2.83. The molecule has 2 aromatic rings. The highest BCUT2D eigenvalue weighted by Crippen LogP contribution is 2.46. The number of benzene rings is 2. The van der Waals surface area contributed by atoms with Crippen molar-refractivity contribution in [3.05, 3.63) is 64.7 Å². The Labute approximate surface area is 146 Å². The van der Waals surface area contributed by atoms with Crippen LogP contribution >= 0.6 is 11.6 Å². The Morgan fingerprint density at radius 2 is 1.92 bits per heavy atom. The van der Waals surface area contributed by atoms with Gasteiger partial charge in [-0.05, 0) is 48.2 Å². The van der Waals surface area contributed by atoms with Crippen LogP contribution in [0.25, 0.3) is 0 Å². The van der Waals surface area contributed by atoms with Crippen LogP contribution in [0.2, 0.25) is 5.02 Å². The summed E-state index contributed by atoms with van der Waals surface area (Å²) in [5, 5.41) is 10.3. The average Bonchev–Trinajstić information content (AvgIpc) is 2.57. The molecule has 1 aliphatic carbocycles. The van der Waals surface area contributed by atoms with Gasteiger partial charge in [0.05, 0.1) is 0 Å². The van der Waals surface area contributed by atoms with Crippen LogP contribution in [-0.2, 0) is 11.3 Å². The van der Waals surface area contributed by atoms with Crippen LogP contribution < -0.4 is 0 Å². The number of fused-ring (bicyclic) bond motifs is 3. The summed E-state index contributed by atoms with van der Waals surface area (Å²) >= 11 is 6.14. The van der Waals surface area contributed by atoms with Crippen molar-refractivity contribution in [3.8, 4) is 5.75 Å². The summed E-state index contributed by atoms with van der Waals surface area (Å²) in [7, 11) is 0. The van der Waals surface area contributed by atoms with Crippen molar-refractivity contribution in [2.24, 2.45) is 5.92 Å². The molecule has 3 nitrogen and oxygen atoms in total. The number of aromatic hydroxyl groups is 1. The number of halogens is 1. The Bertz CT molecular complexity index is 758. The Kier molecular flexibility index (Phi) is 4.07. The van der Waals surface area contributed by atoms with Crippen LogP contribution in [0.5, 0.6) is 5.75 Å². The van der Waals surface area contributed by atoms with E-state index in [1.807, 2.05) is 30.3 Å². The number of piperidine rings is 2. The fourth-order valence-corrected chi connectivity index (χ4v) is 4.48. The molecule has 2 heterocycles. The van der Waals surface area contributed by atoms with E-state index in [1.165, 1.54) is 5.56 Å². The predicted molar refractivity (Wildman–Crippen MR) is 94.0 cm³/mol. The molecule has 3 unspecified atom stereocenters. The smallest absolute Gasteiger partial charge is 0.139 e. The Morgan fingerprint density at radius 1 is 1.12 bits per heavy atom. The van der Waals surface area contributed by atoms with Crippen LogP contribution in [0.1, 0.15) is 36.4 Å². The zero-order valence-corrected chi connectivity index (χ0v) is 14.1. The SMILES string of the molecule is O=C1CC2CCC1C(c1ccc(O)cc1)N2Cc1cccc(Cl)c1. The number of phenols is 1. The molecule has 2 aromatic carbocycles. The van der Waals surface area contributed by atoms with E-state index < -0.39 is 0 Å². The second-order valence-corrected chi connectivity index (χ2v) is 7.28. The van der Waals surface area contributed by atoms with E-state index in [1.54, 1.807) is 12.1 Å².